The summed E-state index contributed by atoms with van der Waals surface area (Å²) in [5, 5.41) is 4.40. The molecule has 0 fully saturated rings. The van der Waals surface area contributed by atoms with Crippen LogP contribution in [0.25, 0.3) is 16.8 Å². The molecule has 0 saturated carbocycles. The Morgan fingerprint density at radius 3 is 2.77 bits per heavy atom. The van der Waals surface area contributed by atoms with E-state index in [2.05, 4.69) is 15.1 Å². The Labute approximate surface area is 181 Å². The van der Waals surface area contributed by atoms with Gasteiger partial charge in [-0.25, -0.2) is 13.6 Å². The number of amides is 1. The zero-order chi connectivity index (χ0) is 22.7. The molecule has 0 radical (unpaired) electrons. The molecule has 0 unspecified atom stereocenters. The lowest BCUT2D eigenvalue weighted by atomic mass is 10.0. The number of aryl methyl sites for hydroxylation is 1. The fraction of sp³-hybridized carbons (Fsp3) is 0.400. The van der Waals surface area contributed by atoms with Gasteiger partial charge in [0.1, 0.15) is 0 Å². The molecule has 0 bridgehead atoms. The number of unbranched alkanes of at least 4 members (excludes halogenated alkanes) is 1. The van der Waals surface area contributed by atoms with Gasteiger partial charge in [0.2, 0.25) is 0 Å². The number of nitrogens with one attached hydrogen (secondary N) is 1. The summed E-state index contributed by atoms with van der Waals surface area (Å²) in [5.74, 6) is -0.196. The largest absolute Gasteiger partial charge is 0.459 e. The van der Waals surface area contributed by atoms with Gasteiger partial charge in [0.05, 0.1) is 16.3 Å². The van der Waals surface area contributed by atoms with Gasteiger partial charge < -0.3 is 9.64 Å². The monoisotopic (exact) mass is 453 g/mol. The summed E-state index contributed by atoms with van der Waals surface area (Å²) >= 11 is 6.40. The van der Waals surface area contributed by atoms with E-state index in [1.165, 1.54) is 0 Å². The highest BCUT2D eigenvalue weighted by Crippen LogP contribution is 2.31. The van der Waals surface area contributed by atoms with Gasteiger partial charge >= 0.3 is 5.69 Å². The number of aromatic nitrogens is 4. The van der Waals surface area contributed by atoms with Crippen LogP contribution >= 0.6 is 11.6 Å². The maximum Gasteiger partial charge on any atom is 0.352 e. The number of nitrogens with zero attached hydrogens (tertiary/aromatic N) is 4. The molecule has 2 heterocycles. The van der Waals surface area contributed by atoms with Crippen molar-refractivity contribution in [3.63, 3.8) is 0 Å². The molecule has 0 aliphatic carbocycles. The fourth-order valence-electron chi connectivity index (χ4n) is 3.12. The molecule has 1 amide bonds. The number of rotatable bonds is 8. The Hall–Kier alpha value is -3.01. The third-order valence-electron chi connectivity index (χ3n) is 4.68. The molecule has 3 aromatic rings. The van der Waals surface area contributed by atoms with Crippen LogP contribution in [-0.4, -0.2) is 57.0 Å². The number of fused-ring (bicyclic) bond motifs is 1. The van der Waals surface area contributed by atoms with Crippen molar-refractivity contribution >= 4 is 23.2 Å². The molecule has 2 aromatic heterocycles. The second kappa shape index (κ2) is 9.42. The number of hydrogen-bond acceptors (Lipinski definition) is 5. The highest BCUT2D eigenvalue weighted by molar-refractivity contribution is 6.34. The van der Waals surface area contributed by atoms with E-state index in [0.717, 1.165) is 17.4 Å². The van der Waals surface area contributed by atoms with Crippen LogP contribution < -0.4 is 10.4 Å². The Balaban J connectivity index is 2.01. The van der Waals surface area contributed by atoms with Crippen molar-refractivity contribution in [2.45, 2.75) is 33.1 Å². The van der Waals surface area contributed by atoms with Crippen molar-refractivity contribution in [2.24, 2.45) is 0 Å². The molecule has 0 saturated heterocycles. The molecule has 0 atom stereocenters. The predicted molar refractivity (Wildman–Crippen MR) is 112 cm³/mol. The SMILES string of the molecule is CCCCN(C)C(=O)c1ccc(-c2c(C)nn3c(=O)[nH]c(OCC(F)F)nc23)cc1Cl. The van der Waals surface area contributed by atoms with E-state index in [1.54, 1.807) is 37.1 Å². The van der Waals surface area contributed by atoms with Crippen LogP contribution in [0.2, 0.25) is 5.02 Å². The topological polar surface area (TPSA) is 92.6 Å². The first-order valence-electron chi connectivity index (χ1n) is 9.68. The first kappa shape index (κ1) is 22.7. The number of hydrogen-bond donors (Lipinski definition) is 1. The molecule has 1 N–H and O–H groups in total. The number of carbonyl (C=O) groups excluding carboxylic acids is 1. The highest BCUT2D eigenvalue weighted by Gasteiger charge is 2.20. The van der Waals surface area contributed by atoms with Gasteiger partial charge in [0.15, 0.2) is 12.3 Å². The van der Waals surface area contributed by atoms with Gasteiger partial charge in [-0.3, -0.25) is 9.78 Å². The minimum absolute atomic E-state index is 0.126. The lowest BCUT2D eigenvalue weighted by Gasteiger charge is -2.17. The van der Waals surface area contributed by atoms with Crippen LogP contribution in [0, 0.1) is 6.92 Å². The van der Waals surface area contributed by atoms with Crippen molar-refractivity contribution in [2.75, 3.05) is 20.2 Å². The molecular formula is C20H22ClF2N5O3. The van der Waals surface area contributed by atoms with Crippen LogP contribution in [0.1, 0.15) is 35.8 Å². The summed E-state index contributed by atoms with van der Waals surface area (Å²) in [5.41, 5.74) is 1.32. The maximum atomic E-state index is 12.7. The third kappa shape index (κ3) is 4.84. The van der Waals surface area contributed by atoms with Gasteiger partial charge in [0.25, 0.3) is 18.3 Å². The molecular weight excluding hydrogens is 432 g/mol. The quantitative estimate of drug-likeness (QED) is 0.563. The number of alkyl halides is 2. The number of H-pyrrole nitrogens is 1. The first-order valence-corrected chi connectivity index (χ1v) is 10.1. The van der Waals surface area contributed by atoms with Crippen molar-refractivity contribution in [1.82, 2.24) is 24.5 Å². The van der Waals surface area contributed by atoms with Gasteiger partial charge in [-0.05, 0) is 31.0 Å². The molecule has 0 aliphatic heterocycles. The number of halogens is 3. The van der Waals surface area contributed by atoms with E-state index >= 15 is 0 Å². The average molecular weight is 454 g/mol. The Kier molecular flexibility index (Phi) is 6.89. The molecule has 166 valence electrons. The van der Waals surface area contributed by atoms with Crippen LogP contribution in [0.4, 0.5) is 8.78 Å². The van der Waals surface area contributed by atoms with Crippen molar-refractivity contribution in [3.8, 4) is 17.1 Å². The Morgan fingerprint density at radius 1 is 1.39 bits per heavy atom. The molecule has 3 rings (SSSR count). The maximum absolute atomic E-state index is 12.7. The van der Waals surface area contributed by atoms with Gasteiger partial charge in [-0.1, -0.05) is 31.0 Å². The zero-order valence-corrected chi connectivity index (χ0v) is 18.0. The number of benzene rings is 1. The van der Waals surface area contributed by atoms with Crippen molar-refractivity contribution < 1.29 is 18.3 Å². The van der Waals surface area contributed by atoms with Crippen LogP contribution in [0.15, 0.2) is 23.0 Å². The molecule has 1 aromatic carbocycles. The van der Waals surface area contributed by atoms with E-state index in [-0.39, 0.29) is 22.6 Å². The third-order valence-corrected chi connectivity index (χ3v) is 4.99. The van der Waals surface area contributed by atoms with E-state index in [4.69, 9.17) is 16.3 Å². The summed E-state index contributed by atoms with van der Waals surface area (Å²) in [6, 6.07) is 4.54. The normalized spacial score (nSPS) is 11.3. The summed E-state index contributed by atoms with van der Waals surface area (Å²) in [6.45, 7) is 3.43. The number of ether oxygens (including phenoxy) is 1. The van der Waals surface area contributed by atoms with Crippen molar-refractivity contribution in [1.29, 1.82) is 0 Å². The predicted octanol–water partition coefficient (Wildman–Crippen LogP) is 3.56. The van der Waals surface area contributed by atoms with E-state index in [9.17, 15) is 18.4 Å². The molecule has 31 heavy (non-hydrogen) atoms. The lowest BCUT2D eigenvalue weighted by molar-refractivity contribution is 0.0768. The minimum atomic E-state index is -2.72. The standard InChI is InChI=1S/C20H22ClF2N5O3/c1-4-5-8-27(3)18(29)13-7-6-12(9-14(13)21)16-11(2)26-28-17(16)24-19(25-20(28)30)31-10-15(22)23/h6-7,9,15H,4-5,8,10H2,1-3H3,(H,24,25,30). The average Bonchev–Trinajstić information content (AvgIpc) is 3.06. The number of carbonyl (C=O) groups is 1. The second-order valence-corrected chi connectivity index (χ2v) is 7.43. The summed E-state index contributed by atoms with van der Waals surface area (Å²) in [7, 11) is 1.72. The van der Waals surface area contributed by atoms with Gasteiger partial charge in [-0.2, -0.15) is 14.6 Å². The summed E-state index contributed by atoms with van der Waals surface area (Å²) in [4.78, 5) is 32.9. The smallest absolute Gasteiger partial charge is 0.352 e. The summed E-state index contributed by atoms with van der Waals surface area (Å²) in [6.07, 6.45) is -0.865. The molecule has 0 aliphatic rings. The minimum Gasteiger partial charge on any atom is -0.459 e. The molecule has 8 nitrogen and oxygen atoms in total. The zero-order valence-electron chi connectivity index (χ0n) is 17.3. The van der Waals surface area contributed by atoms with Crippen LogP contribution in [0.5, 0.6) is 6.01 Å². The second-order valence-electron chi connectivity index (χ2n) is 7.02. The van der Waals surface area contributed by atoms with Crippen LogP contribution in [-0.2, 0) is 0 Å². The summed E-state index contributed by atoms with van der Waals surface area (Å²) < 4.78 is 30.8. The fourth-order valence-corrected chi connectivity index (χ4v) is 3.38. The lowest BCUT2D eigenvalue weighted by Crippen LogP contribution is -2.27. The van der Waals surface area contributed by atoms with E-state index in [0.29, 0.717) is 28.9 Å². The van der Waals surface area contributed by atoms with E-state index < -0.39 is 18.7 Å². The molecule has 11 heteroatoms. The highest BCUT2D eigenvalue weighted by atomic mass is 35.5. The Bertz CT molecular complexity index is 1160. The van der Waals surface area contributed by atoms with Gasteiger partial charge in [0, 0.05) is 19.2 Å². The van der Waals surface area contributed by atoms with Gasteiger partial charge in [-0.15, -0.1) is 0 Å². The van der Waals surface area contributed by atoms with E-state index in [1.807, 2.05) is 6.92 Å². The van der Waals surface area contributed by atoms with Crippen LogP contribution in [0.3, 0.4) is 0 Å². The Morgan fingerprint density at radius 2 is 2.13 bits per heavy atom. The first-order chi connectivity index (χ1) is 14.7. The molecule has 0 spiro atoms. The number of aromatic amines is 1. The van der Waals surface area contributed by atoms with Crippen molar-refractivity contribution in [3.05, 3.63) is 45.0 Å².